The number of rotatable bonds is 6. The van der Waals surface area contributed by atoms with Crippen LogP contribution in [-0.2, 0) is 13.2 Å². The molecule has 26 heavy (non-hydrogen) atoms. The van der Waals surface area contributed by atoms with Gasteiger partial charge in [-0.2, -0.15) is 0 Å². The van der Waals surface area contributed by atoms with Gasteiger partial charge < -0.3 is 10.1 Å². The lowest BCUT2D eigenvalue weighted by atomic mass is 10.2. The lowest BCUT2D eigenvalue weighted by Gasteiger charge is -2.16. The first-order valence-corrected chi connectivity index (χ1v) is 9.45. The van der Waals surface area contributed by atoms with Crippen LogP contribution in [0.1, 0.15) is 11.1 Å². The summed E-state index contributed by atoms with van der Waals surface area (Å²) in [5.74, 6) is 0.0486. The Morgan fingerprint density at radius 2 is 1.62 bits per heavy atom. The van der Waals surface area contributed by atoms with Crippen LogP contribution in [0.2, 0.25) is 0 Å². The van der Waals surface area contributed by atoms with Crippen molar-refractivity contribution in [2.75, 3.05) is 5.32 Å². The van der Waals surface area contributed by atoms with Gasteiger partial charge in [0.1, 0.15) is 24.0 Å². The molecule has 0 unspecified atom stereocenters. The Bertz CT molecular complexity index is 901. The average molecular weight is 483 g/mol. The van der Waals surface area contributed by atoms with Crippen molar-refractivity contribution in [3.8, 4) is 5.75 Å². The molecule has 0 saturated carbocycles. The second-order valence-electron chi connectivity index (χ2n) is 5.62. The van der Waals surface area contributed by atoms with Crippen molar-refractivity contribution in [3.63, 3.8) is 0 Å². The topological polar surface area (TPSA) is 21.3 Å². The van der Waals surface area contributed by atoms with Gasteiger partial charge in [0, 0.05) is 27.8 Å². The quantitative estimate of drug-likeness (QED) is 0.423. The number of benzene rings is 3. The molecule has 1 N–H and O–H groups in total. The van der Waals surface area contributed by atoms with Crippen molar-refractivity contribution in [1.82, 2.24) is 0 Å². The van der Waals surface area contributed by atoms with Crippen molar-refractivity contribution >= 4 is 37.5 Å². The standard InChI is InChI=1S/C20H15Br2F2NO/c21-15-9-14(11-25-17-7-5-16(23)6-8-17)20(18(22)10-15)26-12-13-3-1-2-4-19(13)24/h1-10,25H,11-12H2. The Balaban J connectivity index is 1.78. The first-order chi connectivity index (χ1) is 12.5. The van der Waals surface area contributed by atoms with Crippen LogP contribution in [0.5, 0.6) is 5.75 Å². The van der Waals surface area contributed by atoms with Crippen LogP contribution in [0.15, 0.2) is 69.6 Å². The summed E-state index contributed by atoms with van der Waals surface area (Å²) < 4.78 is 34.4. The molecule has 6 heteroatoms. The maximum atomic E-state index is 13.8. The minimum absolute atomic E-state index is 0.121. The normalized spacial score (nSPS) is 10.6. The lowest BCUT2D eigenvalue weighted by molar-refractivity contribution is 0.295. The van der Waals surface area contributed by atoms with E-state index in [-0.39, 0.29) is 18.2 Å². The Kier molecular flexibility index (Phi) is 6.27. The molecule has 0 amide bonds. The zero-order valence-electron chi connectivity index (χ0n) is 13.6. The highest BCUT2D eigenvalue weighted by atomic mass is 79.9. The number of hydrogen-bond donors (Lipinski definition) is 1. The summed E-state index contributed by atoms with van der Waals surface area (Å²) in [6, 6.07) is 16.5. The molecule has 0 fully saturated rings. The van der Waals surface area contributed by atoms with Gasteiger partial charge in [0.15, 0.2) is 0 Å². The van der Waals surface area contributed by atoms with Gasteiger partial charge in [0.2, 0.25) is 0 Å². The summed E-state index contributed by atoms with van der Waals surface area (Å²) in [6.45, 7) is 0.590. The molecular formula is C20H15Br2F2NO. The highest BCUT2D eigenvalue weighted by Crippen LogP contribution is 2.34. The molecule has 134 valence electrons. The molecule has 0 aromatic heterocycles. The fraction of sp³-hybridized carbons (Fsp3) is 0.100. The molecule has 3 aromatic carbocycles. The highest BCUT2D eigenvalue weighted by molar-refractivity contribution is 9.11. The Labute approximate surface area is 167 Å². The van der Waals surface area contributed by atoms with E-state index < -0.39 is 0 Å². The van der Waals surface area contributed by atoms with E-state index in [1.165, 1.54) is 18.2 Å². The molecule has 0 spiro atoms. The second kappa shape index (κ2) is 8.64. The Morgan fingerprint density at radius 1 is 0.885 bits per heavy atom. The third kappa shape index (κ3) is 4.83. The van der Waals surface area contributed by atoms with E-state index in [0.717, 1.165) is 20.2 Å². The summed E-state index contributed by atoms with van der Waals surface area (Å²) in [4.78, 5) is 0. The molecule has 0 aliphatic carbocycles. The number of halogens is 4. The largest absolute Gasteiger partial charge is 0.487 e. The van der Waals surface area contributed by atoms with Gasteiger partial charge in [0.05, 0.1) is 4.47 Å². The molecule has 3 aromatic rings. The number of hydrogen-bond acceptors (Lipinski definition) is 2. The van der Waals surface area contributed by atoms with Crippen LogP contribution in [0.4, 0.5) is 14.5 Å². The van der Waals surface area contributed by atoms with Crippen LogP contribution in [-0.4, -0.2) is 0 Å². The molecule has 3 rings (SSSR count). The first kappa shape index (κ1) is 18.9. The molecule has 0 heterocycles. The summed E-state index contributed by atoms with van der Waals surface area (Å²) in [7, 11) is 0. The van der Waals surface area contributed by atoms with Crippen LogP contribution in [0.25, 0.3) is 0 Å². The maximum Gasteiger partial charge on any atom is 0.139 e. The molecule has 0 bridgehead atoms. The number of nitrogens with one attached hydrogen (secondary N) is 1. The summed E-state index contributed by atoms with van der Waals surface area (Å²) in [6.07, 6.45) is 0. The minimum atomic E-state index is -0.299. The lowest BCUT2D eigenvalue weighted by Crippen LogP contribution is -2.05. The summed E-state index contributed by atoms with van der Waals surface area (Å²) in [5.41, 5.74) is 2.16. The van der Waals surface area contributed by atoms with E-state index in [4.69, 9.17) is 4.74 Å². The molecule has 0 atom stereocenters. The van der Waals surface area contributed by atoms with Gasteiger partial charge in [0.25, 0.3) is 0 Å². The zero-order valence-corrected chi connectivity index (χ0v) is 16.8. The minimum Gasteiger partial charge on any atom is -0.487 e. The molecule has 0 saturated heterocycles. The van der Waals surface area contributed by atoms with Gasteiger partial charge in [-0.1, -0.05) is 34.1 Å². The monoisotopic (exact) mass is 481 g/mol. The van der Waals surface area contributed by atoms with Gasteiger partial charge in [-0.25, -0.2) is 8.78 Å². The third-order valence-electron chi connectivity index (χ3n) is 3.74. The zero-order chi connectivity index (χ0) is 18.5. The van der Waals surface area contributed by atoms with Crippen molar-refractivity contribution in [2.45, 2.75) is 13.2 Å². The average Bonchev–Trinajstić information content (AvgIpc) is 2.61. The summed E-state index contributed by atoms with van der Waals surface area (Å²) in [5, 5.41) is 3.23. The smallest absolute Gasteiger partial charge is 0.139 e. The second-order valence-corrected chi connectivity index (χ2v) is 7.39. The van der Waals surface area contributed by atoms with Crippen LogP contribution < -0.4 is 10.1 Å². The predicted octanol–water partition coefficient (Wildman–Crippen LogP) is 6.68. The van der Waals surface area contributed by atoms with E-state index in [1.54, 1.807) is 30.3 Å². The van der Waals surface area contributed by atoms with E-state index >= 15 is 0 Å². The van der Waals surface area contributed by atoms with Crippen LogP contribution in [0.3, 0.4) is 0 Å². The van der Waals surface area contributed by atoms with E-state index in [2.05, 4.69) is 37.2 Å². The molecule has 2 nitrogen and oxygen atoms in total. The Morgan fingerprint density at radius 3 is 2.35 bits per heavy atom. The van der Waals surface area contributed by atoms with Gasteiger partial charge in [-0.05, 0) is 58.4 Å². The Hall–Kier alpha value is -1.92. The van der Waals surface area contributed by atoms with Crippen molar-refractivity contribution < 1.29 is 13.5 Å². The van der Waals surface area contributed by atoms with E-state index in [1.807, 2.05) is 12.1 Å². The SMILES string of the molecule is Fc1ccc(NCc2cc(Br)cc(Br)c2OCc2ccccc2F)cc1. The van der Waals surface area contributed by atoms with Crippen LogP contribution >= 0.6 is 31.9 Å². The van der Waals surface area contributed by atoms with E-state index in [9.17, 15) is 8.78 Å². The van der Waals surface area contributed by atoms with Gasteiger partial charge in [-0.15, -0.1) is 0 Å². The first-order valence-electron chi connectivity index (χ1n) is 7.86. The van der Waals surface area contributed by atoms with Crippen molar-refractivity contribution in [3.05, 3.63) is 92.4 Å². The van der Waals surface area contributed by atoms with Crippen LogP contribution in [0, 0.1) is 11.6 Å². The molecule has 0 radical (unpaired) electrons. The van der Waals surface area contributed by atoms with Crippen molar-refractivity contribution in [2.24, 2.45) is 0 Å². The fourth-order valence-corrected chi connectivity index (χ4v) is 3.87. The number of anilines is 1. The summed E-state index contributed by atoms with van der Waals surface area (Å²) >= 11 is 6.97. The number of ether oxygens (including phenoxy) is 1. The molecular weight excluding hydrogens is 468 g/mol. The third-order valence-corrected chi connectivity index (χ3v) is 4.79. The molecule has 0 aliphatic rings. The van der Waals surface area contributed by atoms with Gasteiger partial charge in [-0.3, -0.25) is 0 Å². The molecule has 0 aliphatic heterocycles. The predicted molar refractivity (Wildman–Crippen MR) is 106 cm³/mol. The maximum absolute atomic E-state index is 13.8. The highest BCUT2D eigenvalue weighted by Gasteiger charge is 2.12. The fourth-order valence-electron chi connectivity index (χ4n) is 2.44. The van der Waals surface area contributed by atoms with E-state index in [0.29, 0.717) is 17.9 Å². The van der Waals surface area contributed by atoms with Gasteiger partial charge >= 0.3 is 0 Å². The van der Waals surface area contributed by atoms with Crippen molar-refractivity contribution in [1.29, 1.82) is 0 Å².